The maximum Gasteiger partial charge on any atom is 0.272 e. The summed E-state index contributed by atoms with van der Waals surface area (Å²) in [6.07, 6.45) is 3.85. The van der Waals surface area contributed by atoms with Crippen molar-refractivity contribution < 1.29 is 4.92 Å². The predicted molar refractivity (Wildman–Crippen MR) is 65.4 cm³/mol. The fraction of sp³-hybridized carbons (Fsp3) is 0.333. The van der Waals surface area contributed by atoms with Gasteiger partial charge in [0, 0.05) is 17.7 Å². The number of aryl methyl sites for hydroxylation is 1. The topological polar surface area (TPSA) is 55.2 Å². The summed E-state index contributed by atoms with van der Waals surface area (Å²) in [7, 11) is 1.87. The molecule has 1 aromatic rings. The van der Waals surface area contributed by atoms with Crippen LogP contribution in [0.4, 0.5) is 5.69 Å². The van der Waals surface area contributed by atoms with Gasteiger partial charge in [-0.25, -0.2) is 0 Å². The van der Waals surface area contributed by atoms with Crippen LogP contribution in [0, 0.1) is 17.0 Å². The van der Waals surface area contributed by atoms with E-state index >= 15 is 0 Å². The summed E-state index contributed by atoms with van der Waals surface area (Å²) in [6.45, 7) is 3.75. The van der Waals surface area contributed by atoms with Gasteiger partial charge in [0.2, 0.25) is 0 Å². The van der Waals surface area contributed by atoms with Gasteiger partial charge >= 0.3 is 0 Å². The molecule has 16 heavy (non-hydrogen) atoms. The molecule has 86 valence electrons. The van der Waals surface area contributed by atoms with E-state index in [9.17, 15) is 10.1 Å². The molecule has 0 aliphatic rings. The Bertz CT molecular complexity index is 413. The van der Waals surface area contributed by atoms with E-state index in [1.54, 1.807) is 19.1 Å². The molecule has 0 aliphatic carbocycles. The summed E-state index contributed by atoms with van der Waals surface area (Å²) in [5.74, 6) is 0. The maximum absolute atomic E-state index is 10.7. The van der Waals surface area contributed by atoms with Crippen molar-refractivity contribution in [3.8, 4) is 0 Å². The molecule has 0 aliphatic heterocycles. The van der Waals surface area contributed by atoms with Crippen LogP contribution in [-0.2, 0) is 0 Å². The van der Waals surface area contributed by atoms with E-state index in [2.05, 4.69) is 5.32 Å². The molecule has 1 unspecified atom stereocenters. The van der Waals surface area contributed by atoms with E-state index in [-0.39, 0.29) is 16.7 Å². The minimum Gasteiger partial charge on any atom is -0.314 e. The third-order valence-electron chi connectivity index (χ3n) is 2.46. The Kier molecular flexibility index (Phi) is 4.19. The molecule has 1 rings (SSSR count). The molecule has 0 bridgehead atoms. The maximum atomic E-state index is 10.7. The van der Waals surface area contributed by atoms with Gasteiger partial charge in [-0.05, 0) is 26.5 Å². The molecule has 0 saturated heterocycles. The van der Waals surface area contributed by atoms with Crippen LogP contribution in [0.15, 0.2) is 24.3 Å². The molecular weight excluding hydrogens is 204 g/mol. The number of hydrogen-bond acceptors (Lipinski definition) is 3. The van der Waals surface area contributed by atoms with Gasteiger partial charge in [0.1, 0.15) is 0 Å². The number of nitro benzene ring substituents is 1. The van der Waals surface area contributed by atoms with Gasteiger partial charge in [0.15, 0.2) is 0 Å². The van der Waals surface area contributed by atoms with E-state index in [0.717, 1.165) is 5.56 Å². The molecule has 0 amide bonds. The fourth-order valence-corrected chi connectivity index (χ4v) is 1.28. The Labute approximate surface area is 95.1 Å². The Morgan fingerprint density at radius 1 is 1.50 bits per heavy atom. The van der Waals surface area contributed by atoms with Gasteiger partial charge in [-0.2, -0.15) is 0 Å². The Morgan fingerprint density at radius 2 is 2.19 bits per heavy atom. The van der Waals surface area contributed by atoms with Crippen LogP contribution in [0.25, 0.3) is 6.08 Å². The van der Waals surface area contributed by atoms with E-state index in [1.165, 1.54) is 0 Å². The first kappa shape index (κ1) is 12.4. The van der Waals surface area contributed by atoms with Gasteiger partial charge in [-0.1, -0.05) is 24.3 Å². The van der Waals surface area contributed by atoms with Gasteiger partial charge in [0.25, 0.3) is 5.69 Å². The van der Waals surface area contributed by atoms with Crippen molar-refractivity contribution in [1.82, 2.24) is 5.32 Å². The van der Waals surface area contributed by atoms with E-state index in [4.69, 9.17) is 0 Å². The molecule has 0 saturated carbocycles. The lowest BCUT2D eigenvalue weighted by Crippen LogP contribution is -2.17. The molecule has 4 nitrogen and oxygen atoms in total. The quantitative estimate of drug-likeness (QED) is 0.626. The van der Waals surface area contributed by atoms with Crippen molar-refractivity contribution in [3.63, 3.8) is 0 Å². The number of hydrogen-bond donors (Lipinski definition) is 1. The molecule has 0 fully saturated rings. The van der Waals surface area contributed by atoms with Crippen molar-refractivity contribution in [3.05, 3.63) is 45.5 Å². The number of nitrogens with zero attached hydrogens (tertiary/aromatic N) is 1. The summed E-state index contributed by atoms with van der Waals surface area (Å²) in [5, 5.41) is 13.8. The standard InChI is InChI=1S/C12H16N2O2/c1-9-4-6-11(7-5-10(2)13-3)8-12(9)14(15)16/h4-8,10,13H,1-3H3/b7-5+. The Balaban J connectivity index is 2.95. The van der Waals surface area contributed by atoms with Crippen LogP contribution >= 0.6 is 0 Å². The fourth-order valence-electron chi connectivity index (χ4n) is 1.28. The van der Waals surface area contributed by atoms with Crippen LogP contribution in [0.1, 0.15) is 18.1 Å². The van der Waals surface area contributed by atoms with Crippen molar-refractivity contribution in [2.75, 3.05) is 7.05 Å². The molecular formula is C12H16N2O2. The van der Waals surface area contributed by atoms with Crippen LogP contribution in [0.2, 0.25) is 0 Å². The Morgan fingerprint density at radius 3 is 2.75 bits per heavy atom. The number of rotatable bonds is 4. The summed E-state index contributed by atoms with van der Waals surface area (Å²) in [4.78, 5) is 10.4. The van der Waals surface area contributed by atoms with Gasteiger partial charge < -0.3 is 5.32 Å². The molecule has 0 spiro atoms. The van der Waals surface area contributed by atoms with Crippen molar-refractivity contribution >= 4 is 11.8 Å². The van der Waals surface area contributed by atoms with Gasteiger partial charge in [-0.15, -0.1) is 0 Å². The molecule has 0 heterocycles. The number of nitrogens with one attached hydrogen (secondary N) is 1. The van der Waals surface area contributed by atoms with Crippen LogP contribution in [0.3, 0.4) is 0 Å². The lowest BCUT2D eigenvalue weighted by atomic mass is 10.1. The number of likely N-dealkylation sites (N-methyl/N-ethyl adjacent to an activating group) is 1. The second-order valence-electron chi connectivity index (χ2n) is 3.74. The largest absolute Gasteiger partial charge is 0.314 e. The number of benzene rings is 1. The predicted octanol–water partition coefficient (Wildman–Crippen LogP) is 2.52. The lowest BCUT2D eigenvalue weighted by molar-refractivity contribution is -0.385. The second-order valence-corrected chi connectivity index (χ2v) is 3.74. The summed E-state index contributed by atoms with van der Waals surface area (Å²) >= 11 is 0. The van der Waals surface area contributed by atoms with Gasteiger partial charge in [0.05, 0.1) is 4.92 Å². The molecule has 1 atom stereocenters. The highest BCUT2D eigenvalue weighted by Gasteiger charge is 2.09. The SMILES string of the molecule is CNC(C)/C=C/c1ccc(C)c([N+](=O)[O-])c1. The molecule has 0 radical (unpaired) electrons. The zero-order valence-corrected chi connectivity index (χ0v) is 9.73. The van der Waals surface area contributed by atoms with Crippen LogP contribution < -0.4 is 5.32 Å². The minimum atomic E-state index is -0.353. The van der Waals surface area contributed by atoms with E-state index in [1.807, 2.05) is 32.2 Å². The highest BCUT2D eigenvalue weighted by Crippen LogP contribution is 2.19. The van der Waals surface area contributed by atoms with Crippen LogP contribution in [-0.4, -0.2) is 18.0 Å². The summed E-state index contributed by atoms with van der Waals surface area (Å²) < 4.78 is 0. The molecule has 1 aromatic carbocycles. The second kappa shape index (κ2) is 5.42. The third kappa shape index (κ3) is 3.17. The molecule has 4 heteroatoms. The molecule has 0 aromatic heterocycles. The molecule has 1 N–H and O–H groups in total. The van der Waals surface area contributed by atoms with Crippen LogP contribution in [0.5, 0.6) is 0 Å². The van der Waals surface area contributed by atoms with Crippen molar-refractivity contribution in [1.29, 1.82) is 0 Å². The lowest BCUT2D eigenvalue weighted by Gasteiger charge is -2.03. The average molecular weight is 220 g/mol. The summed E-state index contributed by atoms with van der Waals surface area (Å²) in [5.41, 5.74) is 1.70. The first-order valence-corrected chi connectivity index (χ1v) is 5.15. The average Bonchev–Trinajstić information content (AvgIpc) is 2.27. The van der Waals surface area contributed by atoms with Crippen molar-refractivity contribution in [2.24, 2.45) is 0 Å². The minimum absolute atomic E-state index is 0.166. The highest BCUT2D eigenvalue weighted by molar-refractivity contribution is 5.56. The normalized spacial score (nSPS) is 12.9. The zero-order valence-electron chi connectivity index (χ0n) is 9.73. The monoisotopic (exact) mass is 220 g/mol. The van der Waals surface area contributed by atoms with Gasteiger partial charge in [-0.3, -0.25) is 10.1 Å². The first-order valence-electron chi connectivity index (χ1n) is 5.15. The van der Waals surface area contributed by atoms with E-state index in [0.29, 0.717) is 5.56 Å². The van der Waals surface area contributed by atoms with Crippen molar-refractivity contribution in [2.45, 2.75) is 19.9 Å². The zero-order chi connectivity index (χ0) is 12.1. The highest BCUT2D eigenvalue weighted by atomic mass is 16.6. The number of nitro groups is 1. The summed E-state index contributed by atoms with van der Waals surface area (Å²) in [6, 6.07) is 5.48. The van der Waals surface area contributed by atoms with E-state index < -0.39 is 0 Å². The first-order chi connectivity index (χ1) is 7.54. The Hall–Kier alpha value is -1.68. The smallest absolute Gasteiger partial charge is 0.272 e. The third-order valence-corrected chi connectivity index (χ3v) is 2.46.